The molecule has 0 fully saturated rings. The van der Waals surface area contributed by atoms with Crippen LogP contribution in [0.2, 0.25) is 10.0 Å². The lowest BCUT2D eigenvalue weighted by Crippen LogP contribution is -2.25. The van der Waals surface area contributed by atoms with Gasteiger partial charge in [0.05, 0.1) is 99.7 Å². The number of carbonyl (C=O) groups excluding carboxylic acids is 3. The molecule has 0 aliphatic rings. The summed E-state index contributed by atoms with van der Waals surface area (Å²) in [5, 5.41) is 19.9. The van der Waals surface area contributed by atoms with Gasteiger partial charge >= 0.3 is 0 Å². The molecule has 138 heavy (non-hydrogen) atoms. The number of benzene rings is 4. The lowest BCUT2D eigenvalue weighted by atomic mass is 9.98. The zero-order chi connectivity index (χ0) is 107. The minimum Gasteiger partial charge on any atom is -0.361 e. The molecule has 0 aliphatic heterocycles. The Labute approximate surface area is 854 Å². The Morgan fingerprint density at radius 2 is 0.746 bits per heavy atom. The second-order valence-electron chi connectivity index (χ2n) is 43.5. The van der Waals surface area contributed by atoms with Crippen molar-refractivity contribution in [3.63, 3.8) is 0 Å². The van der Waals surface area contributed by atoms with Crippen LogP contribution >= 0.6 is 23.2 Å². The monoisotopic (exact) mass is 1970 g/mol. The predicted molar refractivity (Wildman–Crippen MR) is 597 cm³/mol. The number of sulfone groups is 2. The number of aromatic nitrogens is 1. The molecular weight excluding hydrogens is 1790 g/mol. The summed E-state index contributed by atoms with van der Waals surface area (Å²) in [6, 6.07) is 32.0. The average molecular weight is 1980 g/mol. The van der Waals surface area contributed by atoms with Crippen LogP contribution in [-0.4, -0.2) is 190 Å². The molecule has 7 N–H and O–H groups in total. The van der Waals surface area contributed by atoms with E-state index in [1.165, 1.54) is 49.6 Å². The smallest absolute Gasteiger partial charge is 0.225 e. The van der Waals surface area contributed by atoms with Gasteiger partial charge in [0, 0.05) is 104 Å². The fraction of sp³-hybridized carbons (Fsp3) is 0.598. The molecule has 0 bridgehead atoms. The fourth-order valence-corrected chi connectivity index (χ4v) is 11.7. The number of carbonyl (C=O) groups is 3. The van der Waals surface area contributed by atoms with Crippen LogP contribution in [0, 0.1) is 162 Å². The van der Waals surface area contributed by atoms with Crippen LogP contribution in [0.1, 0.15) is 269 Å². The summed E-state index contributed by atoms with van der Waals surface area (Å²) in [7, 11) is -3.84. The topological polar surface area (TPSA) is 217 Å². The van der Waals surface area contributed by atoms with Gasteiger partial charge < -0.3 is 36.9 Å². The highest BCUT2D eigenvalue weighted by molar-refractivity contribution is 7.90. The highest BCUT2D eigenvalue weighted by Gasteiger charge is 2.14. The van der Waals surface area contributed by atoms with Crippen LogP contribution in [-0.2, 0) is 59.9 Å². The standard InChI is InChI=1S/C17H20N2O.C16H21NO.C15H17Cl2NO.C14H19N.C13H25N.C11H21NO2S.C11H21N.C10H19NO2S.C10H19N/c1-17(2,3)9-6-10-18-16(20)11-13-12-19-15-8-5-4-7-14(13)15;1-13-6-8-14(9-7-13)12-15(18)17-11-5-10-16(2,3)4;1-15(2,3)7-4-8-18-14(19)10-11-5-6-12(16)13(17)9-11;1-14(2,3)10-7-11-15-12-13-8-5-4-6-9-13;1-6-10-14(11-7-2)12-8-9-13(3,4)5;1-11(2,3)7-6-8-12(4)9-10-15(5,13)14;1-6-12(7-2)10-8-9-11(3,4)5;1-10(2,3)6-5-7-11-8-9-14(4,12)13;1-9(2)11-8-6-7-10(3,4)5/h4-5,7-8,12,19H,10-11H2,1-3H3,(H,18,20);6-9H,11-12H2,1-4H3,(H,17,18);5-6,9H,8,10H2,1-3H3,(H,18,19);4-6,8-9,15H,11-12H2,1-3H3;6-7,10-12H2,1-5H3;8-10H2,1-5H3;6-7,10H2,1-5H3;11H,7-9H2,1-4H3;9,11H,8H2,1-5H3. The van der Waals surface area contributed by atoms with Gasteiger partial charge in [0.25, 0.3) is 0 Å². The molecule has 0 saturated heterocycles. The van der Waals surface area contributed by atoms with Crippen LogP contribution in [0.3, 0.4) is 0 Å². The number of aromatic amines is 1. The summed E-state index contributed by atoms with van der Waals surface area (Å²) in [4.78, 5) is 45.0. The van der Waals surface area contributed by atoms with E-state index in [9.17, 15) is 31.2 Å². The number of aryl methyl sites for hydroxylation is 1. The van der Waals surface area contributed by atoms with E-state index in [0.29, 0.717) is 74.7 Å². The number of nitrogens with one attached hydrogen (secondary N) is 7. The minimum absolute atomic E-state index is 0.00189. The molecule has 4 aromatic carbocycles. The van der Waals surface area contributed by atoms with Crippen molar-refractivity contribution >= 4 is 71.5 Å². The minimum atomic E-state index is -2.86. The van der Waals surface area contributed by atoms with E-state index in [-0.39, 0.29) is 84.4 Å². The van der Waals surface area contributed by atoms with E-state index in [4.69, 9.17) is 23.2 Å². The molecule has 0 radical (unpaired) electrons. The van der Waals surface area contributed by atoms with E-state index in [0.717, 1.165) is 73.4 Å². The van der Waals surface area contributed by atoms with Crippen molar-refractivity contribution < 1.29 is 31.2 Å². The molecule has 1 aromatic heterocycles. The third-order valence-electron chi connectivity index (χ3n) is 16.8. The van der Waals surface area contributed by atoms with Gasteiger partial charge in [-0.1, -0.05) is 242 Å². The van der Waals surface area contributed by atoms with Gasteiger partial charge in [-0.05, 0) is 294 Å². The molecule has 0 spiro atoms. The number of halogens is 2. The molecule has 0 atom stereocenters. The van der Waals surface area contributed by atoms with Crippen molar-refractivity contribution in [2.75, 3.05) is 129 Å². The van der Waals surface area contributed by atoms with Crippen molar-refractivity contribution in [3.8, 4) is 107 Å². The van der Waals surface area contributed by atoms with E-state index < -0.39 is 19.7 Å². The lowest BCUT2D eigenvalue weighted by Gasteiger charge is -2.17. The van der Waals surface area contributed by atoms with Crippen molar-refractivity contribution in [2.45, 2.75) is 280 Å². The largest absolute Gasteiger partial charge is 0.361 e. The van der Waals surface area contributed by atoms with Crippen molar-refractivity contribution in [1.82, 2.24) is 51.6 Å². The van der Waals surface area contributed by atoms with Crippen LogP contribution < -0.4 is 31.9 Å². The Kier molecular flexibility index (Phi) is 70.2. The predicted octanol–water partition coefficient (Wildman–Crippen LogP) is 21.4. The highest BCUT2D eigenvalue weighted by atomic mass is 35.5. The Morgan fingerprint density at radius 1 is 0.391 bits per heavy atom. The van der Waals surface area contributed by atoms with Gasteiger partial charge in [-0.15, -0.1) is 0 Å². The summed E-state index contributed by atoms with van der Waals surface area (Å²) < 4.78 is 43.3. The van der Waals surface area contributed by atoms with E-state index in [1.54, 1.807) is 18.2 Å². The number of amides is 3. The van der Waals surface area contributed by atoms with E-state index in [2.05, 4.69) is 323 Å². The Bertz CT molecular complexity index is 5150. The molecule has 1 heterocycles. The lowest BCUT2D eigenvalue weighted by molar-refractivity contribution is -0.121. The van der Waals surface area contributed by atoms with Gasteiger partial charge in [0.1, 0.15) is 19.7 Å². The fourth-order valence-electron chi connectivity index (χ4n) is 10.2. The molecule has 5 aromatic rings. The maximum absolute atomic E-state index is 11.9. The second-order valence-corrected chi connectivity index (χ2v) is 48.8. The number of para-hydroxylation sites is 1. The van der Waals surface area contributed by atoms with Gasteiger partial charge in [-0.3, -0.25) is 29.1 Å². The molecule has 3 amide bonds. The Morgan fingerprint density at radius 3 is 1.14 bits per heavy atom. The molecule has 0 aliphatic carbocycles. The average Bonchev–Trinajstić information content (AvgIpc) is 1.69. The van der Waals surface area contributed by atoms with E-state index in [1.807, 2.05) is 163 Å². The number of hydrogen-bond acceptors (Lipinski definition) is 13. The zero-order valence-electron chi connectivity index (χ0n) is 92.4. The summed E-state index contributed by atoms with van der Waals surface area (Å²) in [5.41, 5.74) is 6.91. The number of H-pyrrole nitrogens is 1. The zero-order valence-corrected chi connectivity index (χ0v) is 95.6. The molecule has 0 unspecified atom stereocenters. The number of fused-ring (bicyclic) bond motifs is 1. The summed E-state index contributed by atoms with van der Waals surface area (Å²) >= 11 is 11.7. The summed E-state index contributed by atoms with van der Waals surface area (Å²) in [5.74, 6) is 56.2. The molecule has 17 nitrogen and oxygen atoms in total. The first kappa shape index (κ1) is 135. The molecule has 21 heteroatoms. The summed E-state index contributed by atoms with van der Waals surface area (Å²) in [6.45, 7) is 83.5. The van der Waals surface area contributed by atoms with Crippen molar-refractivity contribution in [1.29, 1.82) is 0 Å². The van der Waals surface area contributed by atoms with Gasteiger partial charge in [-0.25, -0.2) is 16.8 Å². The first-order valence-electron chi connectivity index (χ1n) is 48.4. The third kappa shape index (κ3) is 98.7. The van der Waals surface area contributed by atoms with Gasteiger partial charge in [0.15, 0.2) is 0 Å². The van der Waals surface area contributed by atoms with Crippen molar-refractivity contribution in [3.05, 3.63) is 141 Å². The molecule has 0 saturated carbocycles. The highest BCUT2D eigenvalue weighted by Crippen LogP contribution is 2.24. The van der Waals surface area contributed by atoms with Crippen molar-refractivity contribution in [2.24, 2.45) is 48.7 Å². The second kappa shape index (κ2) is 71.5. The molecule has 768 valence electrons. The number of hydrogen-bond donors (Lipinski definition) is 7. The van der Waals surface area contributed by atoms with Gasteiger partial charge in [-0.2, -0.15) is 0 Å². The number of rotatable bonds is 30. The SMILES string of the molecule is CC(C)(C)C#CCNC(=O)Cc1c[nH]c2ccccc12.CC(C)(C)C#CCNC(=O)Cc1ccc(Cl)c(Cl)c1.CC(C)(C)C#CCNCCS(C)(=O)=O.CC(C)(C)C#CCNCc1ccccc1.CC(C)NCC#CC(C)(C)C.CCCN(CC#CC(C)(C)C)CCC.CCN(CC)CC#CC(C)(C)C.CN(CC#CC(C)(C)C)CCS(C)(=O)=O.Cc1ccc(CC(=O)NCC#CC(C)(C)C)cc1. The first-order chi connectivity index (χ1) is 63.4. The summed E-state index contributed by atoms with van der Waals surface area (Å²) in [6.07, 6.45) is 7.88. The van der Waals surface area contributed by atoms with Crippen LogP contribution in [0.4, 0.5) is 0 Å². The first-order valence-corrected chi connectivity index (χ1v) is 53.3. The number of nitrogens with zero attached hydrogens (tertiary/aromatic N) is 3. The van der Waals surface area contributed by atoms with Gasteiger partial charge in [0.2, 0.25) is 17.7 Å². The van der Waals surface area contributed by atoms with Crippen LogP contribution in [0.15, 0.2) is 103 Å². The Balaban J connectivity index is -0.000000736. The third-order valence-corrected chi connectivity index (χ3v) is 19.4. The quantitative estimate of drug-likeness (QED) is 0.0168. The Hall–Kier alpha value is -8.89. The maximum atomic E-state index is 11.9. The molecule has 5 rings (SSSR count). The molecular formula is C117H182Cl2N10O7S2. The maximum Gasteiger partial charge on any atom is 0.225 e. The van der Waals surface area contributed by atoms with Crippen LogP contribution in [0.25, 0.3) is 10.9 Å². The van der Waals surface area contributed by atoms with E-state index >= 15 is 0 Å². The normalized spacial score (nSPS) is 11.1. The van der Waals surface area contributed by atoms with Crippen LogP contribution in [0.5, 0.6) is 0 Å².